The standard InChI is InChI=1S/C20H24N2O4/c1-6-25-17-8-14-7-10(2)26-16(14)9-15(17)22-20(24)19-11(3)18(13(5)23)12(4)21-19/h8-10,21H,6-7H2,1-5H3,(H,22,24). The minimum absolute atomic E-state index is 0.0646. The van der Waals surface area contributed by atoms with E-state index in [4.69, 9.17) is 9.47 Å². The quantitative estimate of drug-likeness (QED) is 0.799. The van der Waals surface area contributed by atoms with E-state index in [9.17, 15) is 9.59 Å². The van der Waals surface area contributed by atoms with Crippen LogP contribution in [0.5, 0.6) is 11.5 Å². The normalized spacial score (nSPS) is 15.3. The molecule has 1 unspecified atom stereocenters. The largest absolute Gasteiger partial charge is 0.492 e. The third-order valence-corrected chi connectivity index (χ3v) is 4.56. The van der Waals surface area contributed by atoms with Crippen molar-refractivity contribution in [3.8, 4) is 11.5 Å². The number of benzene rings is 1. The van der Waals surface area contributed by atoms with E-state index in [0.717, 1.165) is 17.7 Å². The van der Waals surface area contributed by atoms with Gasteiger partial charge in [0.05, 0.1) is 12.3 Å². The Morgan fingerprint density at radius 3 is 2.69 bits per heavy atom. The molecule has 0 saturated heterocycles. The fraction of sp³-hybridized carbons (Fsp3) is 0.400. The van der Waals surface area contributed by atoms with Crippen molar-refractivity contribution in [3.05, 3.63) is 40.2 Å². The van der Waals surface area contributed by atoms with Crippen LogP contribution in [0.4, 0.5) is 5.69 Å². The lowest BCUT2D eigenvalue weighted by molar-refractivity contribution is 0.101. The maximum absolute atomic E-state index is 12.8. The van der Waals surface area contributed by atoms with E-state index in [-0.39, 0.29) is 17.8 Å². The Balaban J connectivity index is 1.94. The molecular weight excluding hydrogens is 332 g/mol. The molecule has 1 atom stereocenters. The van der Waals surface area contributed by atoms with Crippen molar-refractivity contribution < 1.29 is 19.1 Å². The highest BCUT2D eigenvalue weighted by Crippen LogP contribution is 2.38. The molecule has 6 nitrogen and oxygen atoms in total. The van der Waals surface area contributed by atoms with Gasteiger partial charge in [0.1, 0.15) is 23.3 Å². The molecule has 6 heteroatoms. The summed E-state index contributed by atoms with van der Waals surface area (Å²) in [5.74, 6) is 1.00. The van der Waals surface area contributed by atoms with Crippen LogP contribution in [0.3, 0.4) is 0 Å². The third kappa shape index (κ3) is 3.19. The number of ketones is 1. The maximum Gasteiger partial charge on any atom is 0.272 e. The van der Waals surface area contributed by atoms with Crippen molar-refractivity contribution in [2.24, 2.45) is 0 Å². The molecule has 1 aromatic heterocycles. The summed E-state index contributed by atoms with van der Waals surface area (Å²) in [6.45, 7) is 9.45. The van der Waals surface area contributed by atoms with E-state index in [1.54, 1.807) is 19.9 Å². The molecule has 1 aromatic carbocycles. The minimum atomic E-state index is -0.315. The second-order valence-corrected chi connectivity index (χ2v) is 6.66. The Kier molecular flexibility index (Phi) is 4.76. The second-order valence-electron chi connectivity index (χ2n) is 6.66. The minimum Gasteiger partial charge on any atom is -0.492 e. The number of carbonyl (C=O) groups is 2. The summed E-state index contributed by atoms with van der Waals surface area (Å²) in [6.07, 6.45) is 0.928. The van der Waals surface area contributed by atoms with E-state index in [1.165, 1.54) is 6.92 Å². The van der Waals surface area contributed by atoms with Gasteiger partial charge < -0.3 is 19.8 Å². The van der Waals surface area contributed by atoms with Crippen LogP contribution in [0, 0.1) is 13.8 Å². The first-order chi connectivity index (χ1) is 12.3. The van der Waals surface area contributed by atoms with Gasteiger partial charge in [-0.25, -0.2) is 0 Å². The predicted octanol–water partition coefficient (Wildman–Crippen LogP) is 3.81. The number of aromatic amines is 1. The van der Waals surface area contributed by atoms with E-state index in [2.05, 4.69) is 10.3 Å². The van der Waals surface area contributed by atoms with Crippen molar-refractivity contribution in [2.75, 3.05) is 11.9 Å². The summed E-state index contributed by atoms with van der Waals surface area (Å²) in [5, 5.41) is 2.89. The van der Waals surface area contributed by atoms with Crippen LogP contribution >= 0.6 is 0 Å². The van der Waals surface area contributed by atoms with Crippen LogP contribution < -0.4 is 14.8 Å². The van der Waals surface area contributed by atoms with Crippen LogP contribution in [-0.2, 0) is 6.42 Å². The van der Waals surface area contributed by atoms with Gasteiger partial charge in [-0.15, -0.1) is 0 Å². The molecule has 0 spiro atoms. The molecule has 0 fully saturated rings. The average molecular weight is 356 g/mol. The summed E-state index contributed by atoms with van der Waals surface area (Å²) < 4.78 is 11.5. The highest BCUT2D eigenvalue weighted by Gasteiger charge is 2.24. The fourth-order valence-corrected chi connectivity index (χ4v) is 3.50. The number of anilines is 1. The van der Waals surface area contributed by atoms with Gasteiger partial charge in [-0.2, -0.15) is 0 Å². The van der Waals surface area contributed by atoms with E-state index in [1.807, 2.05) is 19.9 Å². The molecule has 2 aromatic rings. The molecule has 2 N–H and O–H groups in total. The van der Waals surface area contributed by atoms with E-state index < -0.39 is 0 Å². The van der Waals surface area contributed by atoms with Gasteiger partial charge in [-0.05, 0) is 46.2 Å². The molecule has 138 valence electrons. The molecule has 2 heterocycles. The lowest BCUT2D eigenvalue weighted by Crippen LogP contribution is -2.15. The second kappa shape index (κ2) is 6.86. The van der Waals surface area contributed by atoms with Crippen LogP contribution in [-0.4, -0.2) is 29.4 Å². The molecule has 1 aliphatic rings. The van der Waals surface area contributed by atoms with Crippen molar-refractivity contribution in [3.63, 3.8) is 0 Å². The zero-order valence-electron chi connectivity index (χ0n) is 15.8. The first kappa shape index (κ1) is 18.0. The van der Waals surface area contributed by atoms with E-state index >= 15 is 0 Å². The summed E-state index contributed by atoms with van der Waals surface area (Å²) in [5.41, 5.74) is 3.91. The smallest absolute Gasteiger partial charge is 0.272 e. The van der Waals surface area contributed by atoms with Gasteiger partial charge in [0.15, 0.2) is 5.78 Å². The Morgan fingerprint density at radius 2 is 2.08 bits per heavy atom. The number of hydrogen-bond donors (Lipinski definition) is 2. The van der Waals surface area contributed by atoms with Crippen LogP contribution in [0.25, 0.3) is 0 Å². The van der Waals surface area contributed by atoms with Crippen LogP contribution in [0.15, 0.2) is 12.1 Å². The number of carbonyl (C=O) groups excluding carboxylic acids is 2. The number of fused-ring (bicyclic) bond motifs is 1. The van der Waals surface area contributed by atoms with Crippen molar-refractivity contribution in [2.45, 2.75) is 47.1 Å². The highest BCUT2D eigenvalue weighted by molar-refractivity contribution is 6.08. The molecule has 1 amide bonds. The van der Waals surface area contributed by atoms with Gasteiger partial charge in [0, 0.05) is 29.3 Å². The summed E-state index contributed by atoms with van der Waals surface area (Å²) in [7, 11) is 0. The summed E-state index contributed by atoms with van der Waals surface area (Å²) >= 11 is 0. The molecule has 3 rings (SSSR count). The average Bonchev–Trinajstić information content (AvgIpc) is 3.05. The monoisotopic (exact) mass is 356 g/mol. The maximum atomic E-state index is 12.8. The SMILES string of the molecule is CCOc1cc2c(cc1NC(=O)c1[nH]c(C)c(C(C)=O)c1C)OC(C)C2. The van der Waals surface area contributed by atoms with Gasteiger partial charge in [0.2, 0.25) is 0 Å². The number of aromatic nitrogens is 1. The molecule has 0 bridgehead atoms. The lowest BCUT2D eigenvalue weighted by atomic mass is 10.1. The fourth-order valence-electron chi connectivity index (χ4n) is 3.50. The van der Waals surface area contributed by atoms with Gasteiger partial charge in [-0.1, -0.05) is 0 Å². The Bertz CT molecular complexity index is 882. The van der Waals surface area contributed by atoms with Gasteiger partial charge in [-0.3, -0.25) is 9.59 Å². The number of rotatable bonds is 5. The van der Waals surface area contributed by atoms with E-state index in [0.29, 0.717) is 40.6 Å². The topological polar surface area (TPSA) is 80.4 Å². The van der Waals surface area contributed by atoms with Crippen molar-refractivity contribution >= 4 is 17.4 Å². The number of aryl methyl sites for hydroxylation is 1. The third-order valence-electron chi connectivity index (χ3n) is 4.56. The van der Waals surface area contributed by atoms with Crippen molar-refractivity contribution in [1.82, 2.24) is 4.98 Å². The highest BCUT2D eigenvalue weighted by atomic mass is 16.5. The number of H-pyrrole nitrogens is 1. The van der Waals surface area contributed by atoms with Crippen LogP contribution in [0.1, 0.15) is 58.4 Å². The van der Waals surface area contributed by atoms with Gasteiger partial charge >= 0.3 is 0 Å². The van der Waals surface area contributed by atoms with Crippen LogP contribution in [0.2, 0.25) is 0 Å². The summed E-state index contributed by atoms with van der Waals surface area (Å²) in [4.78, 5) is 27.6. The Labute approximate surface area is 152 Å². The molecular formula is C20H24N2O4. The molecule has 1 aliphatic heterocycles. The Hall–Kier alpha value is -2.76. The molecule has 0 aliphatic carbocycles. The number of nitrogens with one attached hydrogen (secondary N) is 2. The number of Topliss-reactive ketones (excluding diaryl/α,β-unsaturated/α-hetero) is 1. The first-order valence-corrected chi connectivity index (χ1v) is 8.79. The zero-order valence-corrected chi connectivity index (χ0v) is 15.8. The molecule has 26 heavy (non-hydrogen) atoms. The lowest BCUT2D eigenvalue weighted by Gasteiger charge is -2.13. The molecule has 0 radical (unpaired) electrons. The predicted molar refractivity (Wildman–Crippen MR) is 99.6 cm³/mol. The Morgan fingerprint density at radius 1 is 1.35 bits per heavy atom. The number of ether oxygens (including phenoxy) is 2. The number of hydrogen-bond acceptors (Lipinski definition) is 4. The summed E-state index contributed by atoms with van der Waals surface area (Å²) in [6, 6.07) is 3.73. The van der Waals surface area contributed by atoms with Crippen molar-refractivity contribution in [1.29, 1.82) is 0 Å². The van der Waals surface area contributed by atoms with Gasteiger partial charge in [0.25, 0.3) is 5.91 Å². The number of amides is 1. The first-order valence-electron chi connectivity index (χ1n) is 8.79. The molecule has 0 saturated carbocycles. The zero-order chi connectivity index (χ0) is 19.0.